The fourth-order valence-electron chi connectivity index (χ4n) is 2.45. The minimum atomic E-state index is -1.50. The molecule has 2 rings (SSSR count). The van der Waals surface area contributed by atoms with Gasteiger partial charge in [0.15, 0.2) is 0 Å². The number of hydrogen-bond acceptors (Lipinski definition) is 2. The van der Waals surface area contributed by atoms with Crippen LogP contribution in [0.1, 0.15) is 38.2 Å². The molecule has 2 atom stereocenters. The molecule has 1 aromatic carbocycles. The lowest BCUT2D eigenvalue weighted by atomic mass is 10.2. The highest BCUT2D eigenvalue weighted by atomic mass is 35.5. The van der Waals surface area contributed by atoms with Crippen molar-refractivity contribution in [3.8, 4) is 0 Å². The summed E-state index contributed by atoms with van der Waals surface area (Å²) in [6.07, 6.45) is 4.19. The summed E-state index contributed by atoms with van der Waals surface area (Å²) in [5.41, 5.74) is 0.206. The van der Waals surface area contributed by atoms with Gasteiger partial charge < -0.3 is 5.32 Å². The third-order valence-corrected chi connectivity index (χ3v) is 5.74. The molecule has 3 nitrogen and oxygen atoms in total. The summed E-state index contributed by atoms with van der Waals surface area (Å²) in [4.78, 5) is 12.1. The molecular weight excluding hydrogens is 313 g/mol. The lowest BCUT2D eigenvalue weighted by Gasteiger charge is -2.16. The highest BCUT2D eigenvalue weighted by Gasteiger charge is 2.25. The fourth-order valence-corrected chi connectivity index (χ4v) is 3.89. The van der Waals surface area contributed by atoms with Crippen LogP contribution in [-0.2, 0) is 21.3 Å². The van der Waals surface area contributed by atoms with Gasteiger partial charge in [-0.2, -0.15) is 0 Å². The first-order valence-corrected chi connectivity index (χ1v) is 8.85. The SMILES string of the molecule is C[C@H](C(=O)NC1CCCC1)[S@@](=O)Cc1c(F)cccc1Cl. The molecule has 1 fully saturated rings. The van der Waals surface area contributed by atoms with Crippen molar-refractivity contribution in [3.05, 3.63) is 34.6 Å². The van der Waals surface area contributed by atoms with Gasteiger partial charge in [-0.3, -0.25) is 9.00 Å². The number of hydrogen-bond donors (Lipinski definition) is 1. The number of carbonyl (C=O) groups excluding carboxylic acids is 1. The Bertz CT molecular complexity index is 526. The van der Waals surface area contributed by atoms with Crippen LogP contribution in [0.2, 0.25) is 5.02 Å². The molecule has 0 heterocycles. The Morgan fingerprint density at radius 3 is 2.76 bits per heavy atom. The zero-order chi connectivity index (χ0) is 15.4. The van der Waals surface area contributed by atoms with Crippen LogP contribution in [0.4, 0.5) is 4.39 Å². The molecule has 1 amide bonds. The van der Waals surface area contributed by atoms with Crippen molar-refractivity contribution in [2.45, 2.75) is 49.7 Å². The van der Waals surface area contributed by atoms with Gasteiger partial charge in [-0.05, 0) is 31.9 Å². The first-order chi connectivity index (χ1) is 9.99. The number of halogens is 2. The van der Waals surface area contributed by atoms with Gasteiger partial charge in [0.05, 0.1) is 5.75 Å². The fraction of sp³-hybridized carbons (Fsp3) is 0.533. The third kappa shape index (κ3) is 4.27. The largest absolute Gasteiger partial charge is 0.352 e. The predicted octanol–water partition coefficient (Wildman–Crippen LogP) is 3.18. The summed E-state index contributed by atoms with van der Waals surface area (Å²) >= 11 is 5.92. The minimum Gasteiger partial charge on any atom is -0.352 e. The van der Waals surface area contributed by atoms with E-state index >= 15 is 0 Å². The standard InChI is InChI=1S/C15H19ClFNO2S/c1-10(15(19)18-11-5-2-3-6-11)21(20)9-12-13(16)7-4-8-14(12)17/h4,7-8,10-11H,2-3,5-6,9H2,1H3,(H,18,19)/t10-,21+/m1/s1. The molecule has 0 unspecified atom stereocenters. The lowest BCUT2D eigenvalue weighted by molar-refractivity contribution is -0.121. The van der Waals surface area contributed by atoms with E-state index in [9.17, 15) is 13.4 Å². The average molecular weight is 332 g/mol. The van der Waals surface area contributed by atoms with Crippen molar-refractivity contribution in [2.24, 2.45) is 0 Å². The van der Waals surface area contributed by atoms with Gasteiger partial charge in [0, 0.05) is 27.4 Å². The van der Waals surface area contributed by atoms with E-state index in [1.807, 2.05) is 0 Å². The predicted molar refractivity (Wildman–Crippen MR) is 83.1 cm³/mol. The van der Waals surface area contributed by atoms with Gasteiger partial charge in [-0.15, -0.1) is 0 Å². The Morgan fingerprint density at radius 1 is 1.48 bits per heavy atom. The number of rotatable bonds is 5. The van der Waals surface area contributed by atoms with E-state index in [-0.39, 0.29) is 28.3 Å². The summed E-state index contributed by atoms with van der Waals surface area (Å²) < 4.78 is 25.9. The topological polar surface area (TPSA) is 46.2 Å². The average Bonchev–Trinajstić information content (AvgIpc) is 2.94. The molecule has 0 aromatic heterocycles. The summed E-state index contributed by atoms with van der Waals surface area (Å²) in [5, 5.41) is 2.48. The van der Waals surface area contributed by atoms with E-state index in [0.717, 1.165) is 25.7 Å². The molecule has 1 aliphatic carbocycles. The number of nitrogens with one attached hydrogen (secondary N) is 1. The second-order valence-corrected chi connectivity index (χ2v) is 7.52. The first kappa shape index (κ1) is 16.4. The first-order valence-electron chi connectivity index (χ1n) is 7.09. The molecular formula is C15H19ClFNO2S. The van der Waals surface area contributed by atoms with Crippen LogP contribution in [0.5, 0.6) is 0 Å². The third-order valence-electron chi connectivity index (χ3n) is 3.81. The van der Waals surface area contributed by atoms with Gasteiger partial charge in [0.25, 0.3) is 0 Å². The molecule has 0 saturated heterocycles. The van der Waals surface area contributed by atoms with Crippen molar-refractivity contribution in [2.75, 3.05) is 0 Å². The van der Waals surface area contributed by atoms with Crippen LogP contribution in [0, 0.1) is 5.82 Å². The van der Waals surface area contributed by atoms with Crippen molar-refractivity contribution in [1.29, 1.82) is 0 Å². The van der Waals surface area contributed by atoms with Crippen molar-refractivity contribution in [1.82, 2.24) is 5.32 Å². The van der Waals surface area contributed by atoms with Crippen LogP contribution >= 0.6 is 11.6 Å². The zero-order valence-corrected chi connectivity index (χ0v) is 13.5. The van der Waals surface area contributed by atoms with Crippen LogP contribution in [-0.4, -0.2) is 21.4 Å². The highest BCUT2D eigenvalue weighted by Crippen LogP contribution is 2.22. The smallest absolute Gasteiger partial charge is 0.235 e. The zero-order valence-electron chi connectivity index (χ0n) is 11.9. The molecule has 0 bridgehead atoms. The van der Waals surface area contributed by atoms with Gasteiger partial charge in [-0.25, -0.2) is 4.39 Å². The van der Waals surface area contributed by atoms with E-state index in [0.29, 0.717) is 0 Å². The molecule has 6 heteroatoms. The molecule has 0 aliphatic heterocycles. The highest BCUT2D eigenvalue weighted by molar-refractivity contribution is 7.85. The molecule has 116 valence electrons. The summed E-state index contributed by atoms with van der Waals surface area (Å²) in [5.74, 6) is -0.767. The van der Waals surface area contributed by atoms with E-state index in [1.54, 1.807) is 13.0 Å². The summed E-state index contributed by atoms with van der Waals surface area (Å²) in [7, 11) is -1.50. The molecule has 0 radical (unpaired) electrons. The summed E-state index contributed by atoms with van der Waals surface area (Å²) in [6.45, 7) is 1.61. The van der Waals surface area contributed by atoms with Gasteiger partial charge in [0.2, 0.25) is 5.91 Å². The van der Waals surface area contributed by atoms with Gasteiger partial charge in [-0.1, -0.05) is 30.5 Å². The molecule has 21 heavy (non-hydrogen) atoms. The molecule has 1 N–H and O–H groups in total. The molecule has 1 saturated carbocycles. The van der Waals surface area contributed by atoms with Crippen molar-refractivity contribution in [3.63, 3.8) is 0 Å². The Labute approximate surface area is 131 Å². The maximum Gasteiger partial charge on any atom is 0.235 e. The van der Waals surface area contributed by atoms with Crippen molar-refractivity contribution >= 4 is 28.3 Å². The Kier molecular flexibility index (Phi) is 5.76. The second-order valence-electron chi connectivity index (χ2n) is 5.36. The van der Waals surface area contributed by atoms with Crippen molar-refractivity contribution < 1.29 is 13.4 Å². The molecule has 0 spiro atoms. The summed E-state index contributed by atoms with van der Waals surface area (Å²) in [6, 6.07) is 4.52. The van der Waals surface area contributed by atoms with Crippen LogP contribution < -0.4 is 5.32 Å². The van der Waals surface area contributed by atoms with Gasteiger partial charge >= 0.3 is 0 Å². The Morgan fingerprint density at radius 2 is 2.14 bits per heavy atom. The number of benzene rings is 1. The molecule has 1 aliphatic rings. The van der Waals surface area contributed by atoms with E-state index in [4.69, 9.17) is 11.6 Å². The minimum absolute atomic E-state index is 0.0508. The van der Waals surface area contributed by atoms with Crippen LogP contribution in [0.3, 0.4) is 0 Å². The lowest BCUT2D eigenvalue weighted by Crippen LogP contribution is -2.41. The Hall–Kier alpha value is -0.940. The molecule has 1 aromatic rings. The maximum absolute atomic E-state index is 13.7. The normalized spacial score (nSPS) is 18.4. The van der Waals surface area contributed by atoms with Crippen LogP contribution in [0.25, 0.3) is 0 Å². The van der Waals surface area contributed by atoms with Crippen LogP contribution in [0.15, 0.2) is 18.2 Å². The van der Waals surface area contributed by atoms with Gasteiger partial charge in [0.1, 0.15) is 11.1 Å². The van der Waals surface area contributed by atoms with E-state index in [1.165, 1.54) is 12.1 Å². The monoisotopic (exact) mass is 331 g/mol. The second kappa shape index (κ2) is 7.36. The Balaban J connectivity index is 1.97. The quantitative estimate of drug-likeness (QED) is 0.900. The number of amides is 1. The van der Waals surface area contributed by atoms with E-state index < -0.39 is 21.9 Å². The van der Waals surface area contributed by atoms with E-state index in [2.05, 4.69) is 5.32 Å². The maximum atomic E-state index is 13.7. The number of carbonyl (C=O) groups is 1.